The second-order valence-electron chi connectivity index (χ2n) is 5.71. The van der Waals surface area contributed by atoms with E-state index >= 15 is 0 Å². The summed E-state index contributed by atoms with van der Waals surface area (Å²) in [4.78, 5) is 36.2. The molecule has 0 aromatic carbocycles. The molecular formula is C13H21N3O4. The summed E-state index contributed by atoms with van der Waals surface area (Å²) in [5.41, 5.74) is 4.41. The Bertz CT molecular complexity index is 418. The van der Waals surface area contributed by atoms with Crippen molar-refractivity contribution in [3.63, 3.8) is 0 Å². The summed E-state index contributed by atoms with van der Waals surface area (Å²) < 4.78 is 0. The molecule has 0 spiro atoms. The third-order valence-electron chi connectivity index (χ3n) is 4.43. The third kappa shape index (κ3) is 2.71. The molecule has 1 saturated carbocycles. The van der Waals surface area contributed by atoms with E-state index in [2.05, 4.69) is 5.32 Å². The number of carbonyl (C=O) groups is 3. The van der Waals surface area contributed by atoms with Crippen molar-refractivity contribution in [1.29, 1.82) is 0 Å². The number of likely N-dealkylation sites (tertiary alicyclic amines) is 1. The number of amides is 3. The number of carboxylic acid groups (broad SMARTS) is 1. The first-order valence-electron chi connectivity index (χ1n) is 7.03. The molecule has 112 valence electrons. The molecule has 0 aromatic rings. The highest BCUT2D eigenvalue weighted by Crippen LogP contribution is 2.37. The number of carboxylic acids is 1. The lowest BCUT2D eigenvalue weighted by atomic mass is 9.86. The van der Waals surface area contributed by atoms with Crippen molar-refractivity contribution in [2.45, 2.75) is 44.6 Å². The maximum Gasteiger partial charge on any atom is 0.318 e. The number of aliphatic carboxylic acids is 1. The topological polar surface area (TPSA) is 113 Å². The summed E-state index contributed by atoms with van der Waals surface area (Å²) in [6.45, 7) is 0.600. The third-order valence-corrected chi connectivity index (χ3v) is 4.43. The Balaban J connectivity index is 1.94. The van der Waals surface area contributed by atoms with E-state index in [4.69, 9.17) is 5.73 Å². The number of carbonyl (C=O) groups excluding carboxylic acids is 2. The molecule has 3 amide bonds. The van der Waals surface area contributed by atoms with Gasteiger partial charge in [0.25, 0.3) is 0 Å². The first kappa shape index (κ1) is 14.6. The highest BCUT2D eigenvalue weighted by molar-refractivity contribution is 5.86. The predicted octanol–water partition coefficient (Wildman–Crippen LogP) is 0.291. The van der Waals surface area contributed by atoms with Crippen LogP contribution in [0.2, 0.25) is 0 Å². The van der Waals surface area contributed by atoms with Gasteiger partial charge in [0.15, 0.2) is 0 Å². The summed E-state index contributed by atoms with van der Waals surface area (Å²) in [6, 6.07) is -0.960. The second-order valence-corrected chi connectivity index (χ2v) is 5.71. The zero-order valence-corrected chi connectivity index (χ0v) is 11.4. The number of nitrogens with zero attached hydrogens (tertiary/aromatic N) is 1. The Labute approximate surface area is 117 Å². The van der Waals surface area contributed by atoms with Crippen LogP contribution in [0.25, 0.3) is 0 Å². The number of nitrogens with two attached hydrogens (primary N) is 1. The van der Waals surface area contributed by atoms with Crippen molar-refractivity contribution < 1.29 is 19.5 Å². The maximum atomic E-state index is 12.1. The van der Waals surface area contributed by atoms with Crippen LogP contribution >= 0.6 is 0 Å². The molecule has 1 atom stereocenters. The van der Waals surface area contributed by atoms with Gasteiger partial charge in [-0.05, 0) is 25.7 Å². The van der Waals surface area contributed by atoms with E-state index in [1.807, 2.05) is 0 Å². The van der Waals surface area contributed by atoms with Gasteiger partial charge in [-0.3, -0.25) is 9.59 Å². The Morgan fingerprint density at radius 3 is 2.45 bits per heavy atom. The lowest BCUT2D eigenvalue weighted by Gasteiger charge is -2.27. The number of primary amides is 1. The van der Waals surface area contributed by atoms with Crippen molar-refractivity contribution in [3.8, 4) is 0 Å². The molecule has 2 rings (SSSR count). The average Bonchev–Trinajstić information content (AvgIpc) is 3.05. The number of urea groups is 1. The number of rotatable bonds is 4. The molecule has 1 heterocycles. The van der Waals surface area contributed by atoms with Crippen molar-refractivity contribution in [2.75, 3.05) is 13.1 Å². The van der Waals surface area contributed by atoms with Crippen LogP contribution in [-0.2, 0) is 9.59 Å². The Kier molecular flexibility index (Phi) is 4.15. The van der Waals surface area contributed by atoms with Gasteiger partial charge >= 0.3 is 12.0 Å². The molecule has 20 heavy (non-hydrogen) atoms. The maximum absolute atomic E-state index is 12.1. The molecule has 1 aliphatic heterocycles. The molecule has 1 aliphatic carbocycles. The molecule has 0 radical (unpaired) electrons. The second kappa shape index (κ2) is 5.68. The number of hydrogen-bond donors (Lipinski definition) is 3. The molecular weight excluding hydrogens is 262 g/mol. The molecule has 1 unspecified atom stereocenters. The van der Waals surface area contributed by atoms with Gasteiger partial charge in [0.1, 0.15) is 6.04 Å². The Morgan fingerprint density at radius 1 is 1.25 bits per heavy atom. The van der Waals surface area contributed by atoms with Gasteiger partial charge < -0.3 is 21.1 Å². The van der Waals surface area contributed by atoms with E-state index in [1.165, 1.54) is 4.90 Å². The van der Waals surface area contributed by atoms with E-state index < -0.39 is 23.3 Å². The van der Waals surface area contributed by atoms with Crippen LogP contribution in [0.3, 0.4) is 0 Å². The molecule has 7 nitrogen and oxygen atoms in total. The average molecular weight is 283 g/mol. The molecule has 0 aromatic heterocycles. The van der Waals surface area contributed by atoms with E-state index in [9.17, 15) is 19.5 Å². The van der Waals surface area contributed by atoms with Crippen molar-refractivity contribution in [1.82, 2.24) is 10.2 Å². The van der Waals surface area contributed by atoms with E-state index in [-0.39, 0.29) is 12.6 Å². The standard InChI is InChI=1S/C13H21N3O4/c14-10(17)9-4-3-7-16(9)12(20)15-8-13(11(18)19)5-1-2-6-13/h9H,1-8H2,(H2,14,17)(H,15,20)(H,18,19). The van der Waals surface area contributed by atoms with Crippen LogP contribution in [0, 0.1) is 5.41 Å². The fourth-order valence-corrected chi connectivity index (χ4v) is 3.17. The van der Waals surface area contributed by atoms with Crippen LogP contribution in [0.15, 0.2) is 0 Å². The SMILES string of the molecule is NC(=O)C1CCCN1C(=O)NCC1(C(=O)O)CCCC1. The lowest BCUT2D eigenvalue weighted by molar-refractivity contribution is -0.148. The summed E-state index contributed by atoms with van der Waals surface area (Å²) in [5, 5.41) is 12.0. The summed E-state index contributed by atoms with van der Waals surface area (Å²) in [5.74, 6) is -1.37. The quantitative estimate of drug-likeness (QED) is 0.688. The largest absolute Gasteiger partial charge is 0.481 e. The van der Waals surface area contributed by atoms with E-state index in [0.717, 1.165) is 19.3 Å². The van der Waals surface area contributed by atoms with Crippen LogP contribution < -0.4 is 11.1 Å². The van der Waals surface area contributed by atoms with Crippen LogP contribution in [-0.4, -0.2) is 47.0 Å². The molecule has 2 aliphatic rings. The van der Waals surface area contributed by atoms with Crippen LogP contribution in [0.4, 0.5) is 4.79 Å². The summed E-state index contributed by atoms with van der Waals surface area (Å²) in [7, 11) is 0. The molecule has 0 bridgehead atoms. The zero-order chi connectivity index (χ0) is 14.8. The monoisotopic (exact) mass is 283 g/mol. The summed E-state index contributed by atoms with van der Waals surface area (Å²) >= 11 is 0. The predicted molar refractivity (Wildman–Crippen MR) is 70.9 cm³/mol. The van der Waals surface area contributed by atoms with Crippen molar-refractivity contribution >= 4 is 17.9 Å². The first-order valence-corrected chi connectivity index (χ1v) is 7.03. The summed E-state index contributed by atoms with van der Waals surface area (Å²) in [6.07, 6.45) is 4.23. The fourth-order valence-electron chi connectivity index (χ4n) is 3.17. The molecule has 2 fully saturated rings. The lowest BCUT2D eigenvalue weighted by Crippen LogP contribution is -2.51. The van der Waals surface area contributed by atoms with Gasteiger partial charge in [-0.15, -0.1) is 0 Å². The van der Waals surface area contributed by atoms with Gasteiger partial charge in [-0.25, -0.2) is 4.79 Å². The molecule has 1 saturated heterocycles. The van der Waals surface area contributed by atoms with Crippen molar-refractivity contribution in [3.05, 3.63) is 0 Å². The van der Waals surface area contributed by atoms with Crippen LogP contribution in [0.1, 0.15) is 38.5 Å². The van der Waals surface area contributed by atoms with Gasteiger partial charge in [-0.2, -0.15) is 0 Å². The minimum Gasteiger partial charge on any atom is -0.481 e. The zero-order valence-electron chi connectivity index (χ0n) is 11.4. The van der Waals surface area contributed by atoms with Gasteiger partial charge in [0.05, 0.1) is 5.41 Å². The first-order chi connectivity index (χ1) is 9.46. The van der Waals surface area contributed by atoms with Crippen molar-refractivity contribution in [2.24, 2.45) is 11.1 Å². The fraction of sp³-hybridized carbons (Fsp3) is 0.769. The van der Waals surface area contributed by atoms with Gasteiger partial charge in [0, 0.05) is 13.1 Å². The smallest absolute Gasteiger partial charge is 0.318 e. The molecule has 4 N–H and O–H groups in total. The minimum atomic E-state index is -0.858. The van der Waals surface area contributed by atoms with Crippen LogP contribution in [0.5, 0.6) is 0 Å². The normalized spacial score (nSPS) is 24.6. The van der Waals surface area contributed by atoms with Gasteiger partial charge in [-0.1, -0.05) is 12.8 Å². The minimum absolute atomic E-state index is 0.114. The Hall–Kier alpha value is -1.79. The molecule has 7 heteroatoms. The van der Waals surface area contributed by atoms with E-state index in [0.29, 0.717) is 25.8 Å². The highest BCUT2D eigenvalue weighted by atomic mass is 16.4. The Morgan fingerprint density at radius 2 is 1.90 bits per heavy atom. The number of nitrogens with one attached hydrogen (secondary N) is 1. The van der Waals surface area contributed by atoms with Gasteiger partial charge in [0.2, 0.25) is 5.91 Å². The van der Waals surface area contributed by atoms with E-state index in [1.54, 1.807) is 0 Å². The number of hydrogen-bond acceptors (Lipinski definition) is 3. The highest BCUT2D eigenvalue weighted by Gasteiger charge is 2.42.